The van der Waals surface area contributed by atoms with Crippen molar-refractivity contribution >= 4 is 0 Å². The summed E-state index contributed by atoms with van der Waals surface area (Å²) in [4.78, 5) is 4.58. The van der Waals surface area contributed by atoms with Crippen molar-refractivity contribution in [2.45, 2.75) is 46.1 Å². The SMILES string of the molecule is CCCc1cc(CNCC)cc(OCC2CC2)n1. The maximum Gasteiger partial charge on any atom is 0.213 e. The van der Waals surface area contributed by atoms with Gasteiger partial charge in [0, 0.05) is 18.3 Å². The van der Waals surface area contributed by atoms with Crippen LogP contribution in [0.3, 0.4) is 0 Å². The van der Waals surface area contributed by atoms with Crippen LogP contribution in [0.15, 0.2) is 12.1 Å². The fraction of sp³-hybridized carbons (Fsp3) is 0.667. The van der Waals surface area contributed by atoms with Gasteiger partial charge in [-0.05, 0) is 43.4 Å². The Morgan fingerprint density at radius 3 is 2.83 bits per heavy atom. The van der Waals surface area contributed by atoms with E-state index < -0.39 is 0 Å². The maximum atomic E-state index is 5.80. The van der Waals surface area contributed by atoms with Gasteiger partial charge in [-0.15, -0.1) is 0 Å². The van der Waals surface area contributed by atoms with Crippen LogP contribution in [0.25, 0.3) is 0 Å². The summed E-state index contributed by atoms with van der Waals surface area (Å²) < 4.78 is 5.80. The number of rotatable bonds is 8. The van der Waals surface area contributed by atoms with Gasteiger partial charge in [0.15, 0.2) is 0 Å². The molecule has 0 unspecified atom stereocenters. The van der Waals surface area contributed by atoms with E-state index in [9.17, 15) is 0 Å². The molecular weight excluding hydrogens is 224 g/mol. The van der Waals surface area contributed by atoms with Gasteiger partial charge in [-0.25, -0.2) is 4.98 Å². The van der Waals surface area contributed by atoms with Crippen molar-refractivity contribution in [2.24, 2.45) is 5.92 Å². The fourth-order valence-electron chi connectivity index (χ4n) is 1.94. The number of pyridine rings is 1. The van der Waals surface area contributed by atoms with Crippen molar-refractivity contribution in [1.29, 1.82) is 0 Å². The molecule has 1 aliphatic carbocycles. The van der Waals surface area contributed by atoms with Gasteiger partial charge in [-0.1, -0.05) is 20.3 Å². The van der Waals surface area contributed by atoms with Gasteiger partial charge in [0.2, 0.25) is 5.88 Å². The van der Waals surface area contributed by atoms with E-state index in [1.54, 1.807) is 0 Å². The smallest absolute Gasteiger partial charge is 0.213 e. The van der Waals surface area contributed by atoms with Crippen LogP contribution in [0.1, 0.15) is 44.4 Å². The molecular formula is C15H24N2O. The van der Waals surface area contributed by atoms with Crippen LogP contribution in [0.2, 0.25) is 0 Å². The largest absolute Gasteiger partial charge is 0.477 e. The third-order valence-corrected chi connectivity index (χ3v) is 3.16. The Hall–Kier alpha value is -1.09. The second-order valence-electron chi connectivity index (χ2n) is 5.09. The Balaban J connectivity index is 2.01. The molecule has 1 aromatic rings. The van der Waals surface area contributed by atoms with Gasteiger partial charge in [-0.2, -0.15) is 0 Å². The predicted octanol–water partition coefficient (Wildman–Crippen LogP) is 2.93. The molecule has 0 amide bonds. The van der Waals surface area contributed by atoms with Crippen LogP contribution >= 0.6 is 0 Å². The van der Waals surface area contributed by atoms with Crippen LogP contribution in [0, 0.1) is 5.92 Å². The molecule has 0 atom stereocenters. The standard InChI is InChI=1S/C15H24N2O/c1-3-5-14-8-13(10-16-4-2)9-15(17-14)18-11-12-6-7-12/h8-9,12,16H,3-7,10-11H2,1-2H3. The topological polar surface area (TPSA) is 34.1 Å². The first-order chi connectivity index (χ1) is 8.81. The van der Waals surface area contributed by atoms with E-state index in [0.29, 0.717) is 0 Å². The minimum atomic E-state index is 0.777. The molecule has 1 saturated carbocycles. The predicted molar refractivity (Wildman–Crippen MR) is 73.8 cm³/mol. The molecule has 18 heavy (non-hydrogen) atoms. The normalized spacial score (nSPS) is 14.8. The lowest BCUT2D eigenvalue weighted by atomic mass is 10.1. The van der Waals surface area contributed by atoms with Crippen molar-refractivity contribution in [1.82, 2.24) is 10.3 Å². The third-order valence-electron chi connectivity index (χ3n) is 3.16. The van der Waals surface area contributed by atoms with Crippen LogP contribution in [0.4, 0.5) is 0 Å². The molecule has 0 bridgehead atoms. The fourth-order valence-corrected chi connectivity index (χ4v) is 1.94. The number of aromatic nitrogens is 1. The average Bonchev–Trinajstić information content (AvgIpc) is 3.18. The number of ether oxygens (including phenoxy) is 1. The van der Waals surface area contributed by atoms with E-state index in [1.165, 1.54) is 18.4 Å². The van der Waals surface area contributed by atoms with Crippen LogP contribution in [-0.4, -0.2) is 18.1 Å². The number of nitrogens with zero attached hydrogens (tertiary/aromatic N) is 1. The van der Waals surface area contributed by atoms with Crippen molar-refractivity contribution < 1.29 is 4.74 Å². The van der Waals surface area contributed by atoms with E-state index in [-0.39, 0.29) is 0 Å². The van der Waals surface area contributed by atoms with E-state index in [1.807, 2.05) is 0 Å². The Kier molecular flexibility index (Phi) is 5.00. The molecule has 1 N–H and O–H groups in total. The lowest BCUT2D eigenvalue weighted by Gasteiger charge is -2.10. The molecule has 2 rings (SSSR count). The monoisotopic (exact) mass is 248 g/mol. The van der Waals surface area contributed by atoms with Crippen molar-refractivity contribution in [3.63, 3.8) is 0 Å². The molecule has 1 heterocycles. The van der Waals surface area contributed by atoms with E-state index >= 15 is 0 Å². The highest BCUT2D eigenvalue weighted by Crippen LogP contribution is 2.29. The summed E-state index contributed by atoms with van der Waals surface area (Å²) in [6.07, 6.45) is 4.79. The number of nitrogens with one attached hydrogen (secondary N) is 1. The third kappa shape index (κ3) is 4.30. The maximum absolute atomic E-state index is 5.80. The molecule has 0 aromatic carbocycles. The van der Waals surface area contributed by atoms with Gasteiger partial charge in [0.05, 0.1) is 6.61 Å². The summed E-state index contributed by atoms with van der Waals surface area (Å²) in [5.41, 5.74) is 2.43. The summed E-state index contributed by atoms with van der Waals surface area (Å²) in [7, 11) is 0. The summed E-state index contributed by atoms with van der Waals surface area (Å²) in [6.45, 7) is 7.03. The molecule has 1 fully saturated rings. The second kappa shape index (κ2) is 6.74. The van der Waals surface area contributed by atoms with E-state index in [2.05, 4.69) is 36.3 Å². The average molecular weight is 248 g/mol. The highest BCUT2D eigenvalue weighted by Gasteiger charge is 2.22. The summed E-state index contributed by atoms with van der Waals surface area (Å²) in [5.74, 6) is 1.58. The first-order valence-electron chi connectivity index (χ1n) is 7.15. The van der Waals surface area contributed by atoms with Gasteiger partial charge in [0.1, 0.15) is 0 Å². The first kappa shape index (κ1) is 13.3. The van der Waals surface area contributed by atoms with Gasteiger partial charge in [0.25, 0.3) is 0 Å². The molecule has 1 aromatic heterocycles. The summed E-state index contributed by atoms with van der Waals surface area (Å²) in [5, 5.41) is 3.35. The van der Waals surface area contributed by atoms with E-state index in [4.69, 9.17) is 4.74 Å². The van der Waals surface area contributed by atoms with Gasteiger partial charge in [-0.3, -0.25) is 0 Å². The summed E-state index contributed by atoms with van der Waals surface area (Å²) >= 11 is 0. The minimum absolute atomic E-state index is 0.777. The zero-order valence-corrected chi connectivity index (χ0v) is 11.5. The zero-order valence-electron chi connectivity index (χ0n) is 11.5. The molecule has 3 heteroatoms. The second-order valence-corrected chi connectivity index (χ2v) is 5.09. The first-order valence-corrected chi connectivity index (χ1v) is 7.15. The Morgan fingerprint density at radius 1 is 1.33 bits per heavy atom. The quantitative estimate of drug-likeness (QED) is 0.768. The molecule has 3 nitrogen and oxygen atoms in total. The molecule has 1 aliphatic rings. The minimum Gasteiger partial charge on any atom is -0.477 e. The number of hydrogen-bond donors (Lipinski definition) is 1. The molecule has 0 aliphatic heterocycles. The molecule has 0 saturated heterocycles. The van der Waals surface area contributed by atoms with Crippen molar-refractivity contribution in [2.75, 3.05) is 13.2 Å². The Morgan fingerprint density at radius 2 is 2.17 bits per heavy atom. The van der Waals surface area contributed by atoms with E-state index in [0.717, 1.165) is 50.0 Å². The highest BCUT2D eigenvalue weighted by atomic mass is 16.5. The highest BCUT2D eigenvalue weighted by molar-refractivity contribution is 5.25. The van der Waals surface area contributed by atoms with Crippen LogP contribution in [0.5, 0.6) is 5.88 Å². The zero-order chi connectivity index (χ0) is 12.8. The molecule has 0 radical (unpaired) electrons. The van der Waals surface area contributed by atoms with Crippen LogP contribution in [-0.2, 0) is 13.0 Å². The van der Waals surface area contributed by atoms with Crippen molar-refractivity contribution in [3.8, 4) is 5.88 Å². The molecule has 100 valence electrons. The summed E-state index contributed by atoms with van der Waals surface area (Å²) in [6, 6.07) is 4.26. The lowest BCUT2D eigenvalue weighted by Crippen LogP contribution is -2.13. The number of aryl methyl sites for hydroxylation is 1. The van der Waals surface area contributed by atoms with Gasteiger partial charge >= 0.3 is 0 Å². The Bertz CT molecular complexity index is 375. The number of hydrogen-bond acceptors (Lipinski definition) is 3. The Labute approximate surface area is 110 Å². The lowest BCUT2D eigenvalue weighted by molar-refractivity contribution is 0.287. The van der Waals surface area contributed by atoms with Crippen molar-refractivity contribution in [3.05, 3.63) is 23.4 Å². The van der Waals surface area contributed by atoms with Crippen LogP contribution < -0.4 is 10.1 Å². The molecule has 0 spiro atoms. The van der Waals surface area contributed by atoms with Gasteiger partial charge < -0.3 is 10.1 Å².